The first-order valence-electron chi connectivity index (χ1n) is 6.22. The van der Waals surface area contributed by atoms with Gasteiger partial charge in [-0.2, -0.15) is 0 Å². The van der Waals surface area contributed by atoms with Gasteiger partial charge in [-0.15, -0.1) is 0 Å². The van der Waals surface area contributed by atoms with Crippen LogP contribution >= 0.6 is 11.6 Å². The summed E-state index contributed by atoms with van der Waals surface area (Å²) in [6.45, 7) is 0. The van der Waals surface area contributed by atoms with Crippen LogP contribution in [0.3, 0.4) is 0 Å². The fourth-order valence-electron chi connectivity index (χ4n) is 2.59. The predicted molar refractivity (Wildman–Crippen MR) is 69.5 cm³/mol. The summed E-state index contributed by atoms with van der Waals surface area (Å²) in [4.78, 5) is 0. The van der Waals surface area contributed by atoms with Crippen molar-refractivity contribution < 1.29 is 9.84 Å². The van der Waals surface area contributed by atoms with Crippen molar-refractivity contribution in [1.29, 1.82) is 0 Å². The van der Waals surface area contributed by atoms with Crippen molar-refractivity contribution in [1.82, 2.24) is 0 Å². The Bertz CT molecular complexity index is 372. The van der Waals surface area contributed by atoms with Crippen molar-refractivity contribution in [3.05, 3.63) is 28.8 Å². The Balaban J connectivity index is 2.04. The van der Waals surface area contributed by atoms with Gasteiger partial charge in [0.05, 0.1) is 18.2 Å². The van der Waals surface area contributed by atoms with Gasteiger partial charge in [-0.05, 0) is 30.0 Å². The van der Waals surface area contributed by atoms with Crippen LogP contribution in [0.25, 0.3) is 0 Å². The highest BCUT2D eigenvalue weighted by molar-refractivity contribution is 6.31. The first kappa shape index (κ1) is 12.7. The van der Waals surface area contributed by atoms with E-state index in [-0.39, 0.29) is 0 Å². The maximum Gasteiger partial charge on any atom is 0.120 e. The van der Waals surface area contributed by atoms with Crippen LogP contribution in [0.2, 0.25) is 5.02 Å². The predicted octanol–water partition coefficient (Wildman–Crippen LogP) is 3.96. The normalized spacial score (nSPS) is 18.3. The molecule has 0 radical (unpaired) electrons. The lowest BCUT2D eigenvalue weighted by atomic mass is 9.95. The number of methoxy groups -OCH3 is 1. The average Bonchev–Trinajstić information content (AvgIpc) is 2.81. The zero-order valence-corrected chi connectivity index (χ0v) is 10.9. The molecule has 2 rings (SSSR count). The van der Waals surface area contributed by atoms with Crippen molar-refractivity contribution in [2.24, 2.45) is 5.92 Å². The van der Waals surface area contributed by atoms with Crippen LogP contribution in [0.5, 0.6) is 5.75 Å². The zero-order valence-electron chi connectivity index (χ0n) is 10.2. The number of benzene rings is 1. The molecular weight excluding hydrogens is 236 g/mol. The van der Waals surface area contributed by atoms with E-state index >= 15 is 0 Å². The van der Waals surface area contributed by atoms with Crippen molar-refractivity contribution in [3.8, 4) is 5.75 Å². The summed E-state index contributed by atoms with van der Waals surface area (Å²) in [7, 11) is 1.61. The Hall–Kier alpha value is -0.730. The van der Waals surface area contributed by atoms with E-state index < -0.39 is 6.10 Å². The summed E-state index contributed by atoms with van der Waals surface area (Å²) in [5.41, 5.74) is 0.819. The van der Waals surface area contributed by atoms with Gasteiger partial charge in [0.1, 0.15) is 5.75 Å². The van der Waals surface area contributed by atoms with Crippen LogP contribution < -0.4 is 4.74 Å². The highest BCUT2D eigenvalue weighted by Crippen LogP contribution is 2.35. The van der Waals surface area contributed by atoms with E-state index in [1.54, 1.807) is 13.2 Å². The fourth-order valence-corrected chi connectivity index (χ4v) is 2.89. The van der Waals surface area contributed by atoms with Gasteiger partial charge < -0.3 is 9.84 Å². The monoisotopic (exact) mass is 254 g/mol. The molecule has 1 fully saturated rings. The van der Waals surface area contributed by atoms with Gasteiger partial charge >= 0.3 is 0 Å². The Morgan fingerprint density at radius 3 is 2.71 bits per heavy atom. The second-order valence-electron chi connectivity index (χ2n) is 4.79. The van der Waals surface area contributed by atoms with E-state index in [2.05, 4.69) is 0 Å². The lowest BCUT2D eigenvalue weighted by Crippen LogP contribution is -2.05. The number of hydrogen-bond acceptors (Lipinski definition) is 2. The SMILES string of the molecule is COc1ccc(C(O)CC2CCCC2)c(Cl)c1. The molecule has 0 bridgehead atoms. The minimum Gasteiger partial charge on any atom is -0.497 e. The maximum atomic E-state index is 10.2. The smallest absolute Gasteiger partial charge is 0.120 e. The fraction of sp³-hybridized carbons (Fsp3) is 0.571. The maximum absolute atomic E-state index is 10.2. The first-order valence-corrected chi connectivity index (χ1v) is 6.60. The first-order chi connectivity index (χ1) is 8.20. The summed E-state index contributed by atoms with van der Waals surface area (Å²) < 4.78 is 5.10. The van der Waals surface area contributed by atoms with Gasteiger partial charge in [-0.3, -0.25) is 0 Å². The number of ether oxygens (including phenoxy) is 1. The van der Waals surface area contributed by atoms with Crippen molar-refractivity contribution in [2.75, 3.05) is 7.11 Å². The summed E-state index contributed by atoms with van der Waals surface area (Å²) >= 11 is 6.15. The van der Waals surface area contributed by atoms with Crippen LogP contribution in [0.1, 0.15) is 43.8 Å². The van der Waals surface area contributed by atoms with Crippen LogP contribution in [0, 0.1) is 5.92 Å². The van der Waals surface area contributed by atoms with E-state index in [1.807, 2.05) is 12.1 Å². The minimum absolute atomic E-state index is 0.448. The van der Waals surface area contributed by atoms with Gasteiger partial charge in [0.25, 0.3) is 0 Å². The average molecular weight is 255 g/mol. The molecule has 1 N–H and O–H groups in total. The van der Waals surface area contributed by atoms with Crippen LogP contribution in [0.4, 0.5) is 0 Å². The van der Waals surface area contributed by atoms with E-state index in [4.69, 9.17) is 16.3 Å². The molecule has 17 heavy (non-hydrogen) atoms. The molecule has 0 saturated heterocycles. The van der Waals surface area contributed by atoms with E-state index in [1.165, 1.54) is 25.7 Å². The Morgan fingerprint density at radius 1 is 1.41 bits per heavy atom. The number of rotatable bonds is 4. The lowest BCUT2D eigenvalue weighted by Gasteiger charge is -2.17. The largest absolute Gasteiger partial charge is 0.497 e. The highest BCUT2D eigenvalue weighted by atomic mass is 35.5. The molecule has 1 aliphatic rings. The summed E-state index contributed by atoms with van der Waals surface area (Å²) in [5, 5.41) is 10.8. The van der Waals surface area contributed by atoms with Gasteiger partial charge in [-0.25, -0.2) is 0 Å². The zero-order chi connectivity index (χ0) is 12.3. The van der Waals surface area contributed by atoms with Crippen LogP contribution in [-0.4, -0.2) is 12.2 Å². The highest BCUT2D eigenvalue weighted by Gasteiger charge is 2.21. The van der Waals surface area contributed by atoms with E-state index in [9.17, 15) is 5.11 Å². The Kier molecular flexibility index (Phi) is 4.30. The Morgan fingerprint density at radius 2 is 2.12 bits per heavy atom. The molecule has 1 aromatic carbocycles. The quantitative estimate of drug-likeness (QED) is 0.881. The van der Waals surface area contributed by atoms with Crippen molar-refractivity contribution in [3.63, 3.8) is 0 Å². The van der Waals surface area contributed by atoms with Gasteiger partial charge in [-0.1, -0.05) is 43.4 Å². The number of aliphatic hydroxyl groups is 1. The van der Waals surface area contributed by atoms with Gasteiger partial charge in [0.2, 0.25) is 0 Å². The van der Waals surface area contributed by atoms with Gasteiger partial charge in [0, 0.05) is 0 Å². The molecule has 1 atom stereocenters. The topological polar surface area (TPSA) is 29.5 Å². The lowest BCUT2D eigenvalue weighted by molar-refractivity contribution is 0.145. The molecule has 1 aliphatic carbocycles. The second kappa shape index (κ2) is 5.74. The number of hydrogen-bond donors (Lipinski definition) is 1. The van der Waals surface area contributed by atoms with E-state index in [0.29, 0.717) is 10.9 Å². The molecule has 0 aliphatic heterocycles. The standard InChI is InChI=1S/C14H19ClO2/c1-17-11-6-7-12(13(15)9-11)14(16)8-10-4-2-3-5-10/h6-7,9-10,14,16H,2-5,8H2,1H3. The van der Waals surface area contributed by atoms with E-state index in [0.717, 1.165) is 17.7 Å². The van der Waals surface area contributed by atoms with Crippen molar-refractivity contribution >= 4 is 11.6 Å². The molecule has 1 aromatic rings. The molecule has 1 saturated carbocycles. The summed E-state index contributed by atoms with van der Waals surface area (Å²) in [6, 6.07) is 5.47. The third-order valence-electron chi connectivity index (χ3n) is 3.60. The van der Waals surface area contributed by atoms with Gasteiger partial charge in [0.15, 0.2) is 0 Å². The molecule has 0 aromatic heterocycles. The third-order valence-corrected chi connectivity index (χ3v) is 3.93. The summed E-state index contributed by atoms with van der Waals surface area (Å²) in [6.07, 6.45) is 5.46. The number of aliphatic hydroxyl groups excluding tert-OH is 1. The molecule has 2 nitrogen and oxygen atoms in total. The molecule has 94 valence electrons. The molecule has 0 spiro atoms. The number of halogens is 1. The Labute approximate surface area is 108 Å². The van der Waals surface area contributed by atoms with Crippen LogP contribution in [-0.2, 0) is 0 Å². The van der Waals surface area contributed by atoms with Crippen LogP contribution in [0.15, 0.2) is 18.2 Å². The molecule has 0 amide bonds. The molecular formula is C14H19ClO2. The second-order valence-corrected chi connectivity index (χ2v) is 5.20. The molecule has 3 heteroatoms. The minimum atomic E-state index is -0.448. The summed E-state index contributed by atoms with van der Waals surface area (Å²) in [5.74, 6) is 1.38. The van der Waals surface area contributed by atoms with Crippen molar-refractivity contribution in [2.45, 2.75) is 38.2 Å². The molecule has 0 heterocycles. The third kappa shape index (κ3) is 3.14. The molecule has 1 unspecified atom stereocenters.